The van der Waals surface area contributed by atoms with Crippen LogP contribution in [0.4, 0.5) is 10.1 Å². The second-order valence-electron chi connectivity index (χ2n) is 5.69. The Labute approximate surface area is 120 Å². The molecule has 1 fully saturated rings. The maximum absolute atomic E-state index is 13.7. The van der Waals surface area contributed by atoms with Gasteiger partial charge in [-0.1, -0.05) is 25.3 Å². The number of hydrogen-bond acceptors (Lipinski definition) is 2. The summed E-state index contributed by atoms with van der Waals surface area (Å²) in [7, 11) is 0. The molecule has 20 heavy (non-hydrogen) atoms. The highest BCUT2D eigenvalue weighted by atomic mass is 19.1. The molecule has 1 amide bonds. The normalized spacial score (nSPS) is 17.6. The molecule has 4 heteroatoms. The second-order valence-corrected chi connectivity index (χ2v) is 5.69. The fourth-order valence-corrected chi connectivity index (χ4v) is 2.62. The van der Waals surface area contributed by atoms with Crippen LogP contribution in [0, 0.1) is 12.7 Å². The lowest BCUT2D eigenvalue weighted by atomic mass is 9.95. The van der Waals surface area contributed by atoms with Crippen molar-refractivity contribution in [2.24, 2.45) is 0 Å². The smallest absolute Gasteiger partial charge is 0.242 e. The zero-order valence-electron chi connectivity index (χ0n) is 12.2. The van der Waals surface area contributed by atoms with E-state index in [4.69, 9.17) is 0 Å². The molecule has 0 aromatic heterocycles. The van der Waals surface area contributed by atoms with Crippen molar-refractivity contribution in [3.63, 3.8) is 0 Å². The third-order valence-corrected chi connectivity index (χ3v) is 3.84. The molecular formula is C16H23FN2O. The molecule has 0 bridgehead atoms. The molecule has 1 aromatic rings. The lowest BCUT2D eigenvalue weighted by Crippen LogP contribution is -2.44. The number of halogens is 1. The van der Waals surface area contributed by atoms with Gasteiger partial charge in [-0.25, -0.2) is 4.39 Å². The molecule has 3 nitrogen and oxygen atoms in total. The van der Waals surface area contributed by atoms with Crippen molar-refractivity contribution in [1.29, 1.82) is 0 Å². The van der Waals surface area contributed by atoms with Crippen molar-refractivity contribution in [3.05, 3.63) is 29.6 Å². The summed E-state index contributed by atoms with van der Waals surface area (Å²) in [6.45, 7) is 3.66. The number of rotatable bonds is 4. The number of aryl methyl sites for hydroxylation is 1. The van der Waals surface area contributed by atoms with Crippen LogP contribution < -0.4 is 10.6 Å². The molecule has 1 atom stereocenters. The third kappa shape index (κ3) is 3.95. The average Bonchev–Trinajstić information content (AvgIpc) is 2.44. The molecular weight excluding hydrogens is 255 g/mol. The van der Waals surface area contributed by atoms with Crippen LogP contribution in [0.25, 0.3) is 0 Å². The molecule has 110 valence electrons. The first kappa shape index (κ1) is 14.8. The molecule has 1 saturated carbocycles. The fourth-order valence-electron chi connectivity index (χ4n) is 2.62. The first-order chi connectivity index (χ1) is 9.56. The van der Waals surface area contributed by atoms with Crippen molar-refractivity contribution >= 4 is 11.6 Å². The van der Waals surface area contributed by atoms with Gasteiger partial charge in [0.05, 0.1) is 5.69 Å². The van der Waals surface area contributed by atoms with E-state index in [-0.39, 0.29) is 17.8 Å². The van der Waals surface area contributed by atoms with Gasteiger partial charge in [-0.3, -0.25) is 4.79 Å². The Morgan fingerprint density at radius 2 is 2.00 bits per heavy atom. The maximum atomic E-state index is 13.7. The Morgan fingerprint density at radius 1 is 1.30 bits per heavy atom. The van der Waals surface area contributed by atoms with Gasteiger partial charge < -0.3 is 10.6 Å². The molecule has 2 rings (SSSR count). The van der Waals surface area contributed by atoms with E-state index >= 15 is 0 Å². The SMILES string of the molecule is Cc1ccc(F)c(NC(C)C(=O)NC2CCCCC2)c1. The predicted molar refractivity (Wildman–Crippen MR) is 79.2 cm³/mol. The van der Waals surface area contributed by atoms with E-state index < -0.39 is 6.04 Å². The molecule has 1 aliphatic carbocycles. The molecule has 1 unspecified atom stereocenters. The van der Waals surface area contributed by atoms with Gasteiger partial charge in [0.1, 0.15) is 11.9 Å². The van der Waals surface area contributed by atoms with Gasteiger partial charge in [-0.2, -0.15) is 0 Å². The van der Waals surface area contributed by atoms with Gasteiger partial charge in [0.2, 0.25) is 5.91 Å². The monoisotopic (exact) mass is 278 g/mol. The fraction of sp³-hybridized carbons (Fsp3) is 0.562. The number of carbonyl (C=O) groups excluding carboxylic acids is 1. The molecule has 0 saturated heterocycles. The van der Waals surface area contributed by atoms with Crippen LogP contribution in [0.5, 0.6) is 0 Å². The molecule has 0 radical (unpaired) electrons. The summed E-state index contributed by atoms with van der Waals surface area (Å²) < 4.78 is 13.7. The first-order valence-corrected chi connectivity index (χ1v) is 7.39. The van der Waals surface area contributed by atoms with Crippen LogP contribution in [0.1, 0.15) is 44.6 Å². The van der Waals surface area contributed by atoms with E-state index in [0.29, 0.717) is 5.69 Å². The molecule has 1 aliphatic rings. The maximum Gasteiger partial charge on any atom is 0.242 e. The summed E-state index contributed by atoms with van der Waals surface area (Å²) in [5.74, 6) is -0.384. The molecule has 1 aromatic carbocycles. The third-order valence-electron chi connectivity index (χ3n) is 3.84. The Bertz CT molecular complexity index is 470. The summed E-state index contributed by atoms with van der Waals surface area (Å²) in [4.78, 5) is 12.1. The van der Waals surface area contributed by atoms with Crippen LogP contribution in [-0.2, 0) is 4.79 Å². The minimum Gasteiger partial charge on any atom is -0.372 e. The van der Waals surface area contributed by atoms with Gasteiger partial charge in [0.25, 0.3) is 0 Å². The Kier molecular flexibility index (Phi) is 4.99. The number of hydrogen-bond donors (Lipinski definition) is 2. The van der Waals surface area contributed by atoms with Gasteiger partial charge in [-0.05, 0) is 44.4 Å². The summed E-state index contributed by atoms with van der Waals surface area (Å²) in [5, 5.41) is 6.00. The van der Waals surface area contributed by atoms with Gasteiger partial charge in [0.15, 0.2) is 0 Å². The lowest BCUT2D eigenvalue weighted by Gasteiger charge is -2.25. The molecule has 0 spiro atoms. The van der Waals surface area contributed by atoms with E-state index in [1.165, 1.54) is 25.3 Å². The van der Waals surface area contributed by atoms with Gasteiger partial charge in [-0.15, -0.1) is 0 Å². The topological polar surface area (TPSA) is 41.1 Å². The average molecular weight is 278 g/mol. The van der Waals surface area contributed by atoms with Crippen molar-refractivity contribution in [3.8, 4) is 0 Å². The number of benzene rings is 1. The Balaban J connectivity index is 1.91. The Morgan fingerprint density at radius 3 is 2.70 bits per heavy atom. The van der Waals surface area contributed by atoms with E-state index in [1.807, 2.05) is 6.92 Å². The zero-order valence-corrected chi connectivity index (χ0v) is 12.2. The predicted octanol–water partition coefficient (Wildman–Crippen LogP) is 3.38. The van der Waals surface area contributed by atoms with E-state index in [2.05, 4.69) is 10.6 Å². The molecule has 0 heterocycles. The van der Waals surface area contributed by atoms with Crippen LogP contribution >= 0.6 is 0 Å². The van der Waals surface area contributed by atoms with E-state index in [0.717, 1.165) is 18.4 Å². The van der Waals surface area contributed by atoms with Crippen LogP contribution in [0.15, 0.2) is 18.2 Å². The van der Waals surface area contributed by atoms with E-state index in [1.54, 1.807) is 19.1 Å². The van der Waals surface area contributed by atoms with E-state index in [9.17, 15) is 9.18 Å². The largest absolute Gasteiger partial charge is 0.372 e. The van der Waals surface area contributed by atoms with Crippen LogP contribution in [0.3, 0.4) is 0 Å². The molecule has 0 aliphatic heterocycles. The van der Waals surface area contributed by atoms with Crippen molar-refractivity contribution in [2.75, 3.05) is 5.32 Å². The summed E-state index contributed by atoms with van der Waals surface area (Å²) in [6.07, 6.45) is 5.72. The minimum absolute atomic E-state index is 0.0576. The van der Waals surface area contributed by atoms with Crippen LogP contribution in [0.2, 0.25) is 0 Å². The highest BCUT2D eigenvalue weighted by molar-refractivity contribution is 5.84. The standard InChI is InChI=1S/C16H23FN2O/c1-11-8-9-14(17)15(10-11)18-12(2)16(20)19-13-6-4-3-5-7-13/h8-10,12-13,18H,3-7H2,1-2H3,(H,19,20). The summed E-state index contributed by atoms with van der Waals surface area (Å²) in [6, 6.07) is 4.70. The summed E-state index contributed by atoms with van der Waals surface area (Å²) >= 11 is 0. The quantitative estimate of drug-likeness (QED) is 0.886. The Hall–Kier alpha value is -1.58. The highest BCUT2D eigenvalue weighted by Crippen LogP contribution is 2.19. The number of amides is 1. The highest BCUT2D eigenvalue weighted by Gasteiger charge is 2.20. The number of anilines is 1. The van der Waals surface area contributed by atoms with Crippen molar-refractivity contribution in [1.82, 2.24) is 5.32 Å². The lowest BCUT2D eigenvalue weighted by molar-refractivity contribution is -0.122. The van der Waals surface area contributed by atoms with Gasteiger partial charge >= 0.3 is 0 Å². The zero-order chi connectivity index (χ0) is 14.5. The minimum atomic E-state index is -0.437. The first-order valence-electron chi connectivity index (χ1n) is 7.39. The summed E-state index contributed by atoms with van der Waals surface area (Å²) in [5.41, 5.74) is 1.35. The van der Waals surface area contributed by atoms with Gasteiger partial charge in [0, 0.05) is 6.04 Å². The number of carbonyl (C=O) groups is 1. The molecule has 2 N–H and O–H groups in total. The van der Waals surface area contributed by atoms with Crippen molar-refractivity contribution in [2.45, 2.75) is 58.0 Å². The van der Waals surface area contributed by atoms with Crippen LogP contribution in [-0.4, -0.2) is 18.0 Å². The second kappa shape index (κ2) is 6.73. The number of nitrogens with one attached hydrogen (secondary N) is 2. The van der Waals surface area contributed by atoms with Crippen molar-refractivity contribution < 1.29 is 9.18 Å².